The summed E-state index contributed by atoms with van der Waals surface area (Å²) in [6.07, 6.45) is 0.436. The molecule has 4 atom stereocenters. The fourth-order valence-electron chi connectivity index (χ4n) is 7.09. The highest BCUT2D eigenvalue weighted by Gasteiger charge is 2.63. The van der Waals surface area contributed by atoms with Gasteiger partial charge >= 0.3 is 0 Å². The molecule has 1 aromatic rings. The number of primary amides is 1. The van der Waals surface area contributed by atoms with Crippen LogP contribution < -0.4 is 10.6 Å². The Bertz CT molecular complexity index is 1380. The monoisotopic (exact) mass is 556 g/mol. The van der Waals surface area contributed by atoms with Crippen LogP contribution in [0.3, 0.4) is 0 Å². The number of hydrogen-bond donors (Lipinski definition) is 5. The van der Waals surface area contributed by atoms with Gasteiger partial charge < -0.3 is 35.8 Å². The Hall–Kier alpha value is -3.45. The molecule has 12 nitrogen and oxygen atoms in total. The molecule has 0 radical (unpaired) electrons. The number of phenolic OH excluding ortho intramolecular Hbond substituents is 1. The second kappa shape index (κ2) is 9.58. The third-order valence-electron chi connectivity index (χ3n) is 8.87. The number of allylic oxidation sites excluding steroid dienone is 1. The number of hydrogen-bond acceptors (Lipinski definition) is 11. The quantitative estimate of drug-likeness (QED) is 0.298. The number of benzene rings is 1. The van der Waals surface area contributed by atoms with Crippen LogP contribution >= 0.6 is 0 Å². The third kappa shape index (κ3) is 3.85. The lowest BCUT2D eigenvalue weighted by Crippen LogP contribution is -2.63. The predicted molar refractivity (Wildman–Crippen MR) is 144 cm³/mol. The normalized spacial score (nSPS) is 28.8. The number of methoxy groups -OCH3 is 1. The largest absolute Gasteiger partial charge is 0.510 e. The number of rotatable bonds is 6. The summed E-state index contributed by atoms with van der Waals surface area (Å²) in [6, 6.07) is 0.517. The first-order valence-corrected chi connectivity index (χ1v) is 13.2. The third-order valence-corrected chi connectivity index (χ3v) is 8.87. The standard InChI is InChI=1S/C28H36N4O8/c1-30(2)21-13(9-32-10-14(11-32)40-5)8-17(33)19-15(21)6-12-7-16-22(31(3)4)24(35)20(27(29)38)26(37)28(16,39)25(36)18(12)23(19)34/h8,12,14,16,22,33,35-36,39H,6-7,9-11H2,1-5H3,(H2,29,38)/t12-,16-,22-,28-/m0/s1. The topological polar surface area (TPSA) is 177 Å². The minimum absolute atomic E-state index is 0.00612. The van der Waals surface area contributed by atoms with Crippen molar-refractivity contribution in [2.75, 3.05) is 53.3 Å². The van der Waals surface area contributed by atoms with Crippen molar-refractivity contribution in [2.45, 2.75) is 37.1 Å². The fourth-order valence-corrected chi connectivity index (χ4v) is 7.09. The highest BCUT2D eigenvalue weighted by atomic mass is 16.5. The Labute approximate surface area is 231 Å². The smallest absolute Gasteiger partial charge is 0.255 e. The molecule has 3 aliphatic carbocycles. The highest BCUT2D eigenvalue weighted by molar-refractivity contribution is 6.24. The molecule has 4 aliphatic rings. The zero-order chi connectivity index (χ0) is 29.4. The number of ether oxygens (including phenoxy) is 1. The fraction of sp³-hybridized carbons (Fsp3) is 0.536. The van der Waals surface area contributed by atoms with Crippen molar-refractivity contribution < 1.29 is 39.5 Å². The van der Waals surface area contributed by atoms with E-state index in [2.05, 4.69) is 4.90 Å². The van der Waals surface area contributed by atoms with Gasteiger partial charge in [-0.3, -0.25) is 24.2 Å². The maximum absolute atomic E-state index is 13.9. The maximum atomic E-state index is 13.9. The minimum atomic E-state index is -2.65. The number of Topliss-reactive ketones (excluding diaryl/α,β-unsaturated/α-hetero) is 2. The van der Waals surface area contributed by atoms with Gasteiger partial charge in [-0.15, -0.1) is 0 Å². The van der Waals surface area contributed by atoms with Crippen LogP contribution in [-0.4, -0.2) is 114 Å². The number of phenols is 1. The molecule has 6 N–H and O–H groups in total. The molecule has 1 aliphatic heterocycles. The summed E-state index contributed by atoms with van der Waals surface area (Å²) in [5, 5.41) is 45.2. The summed E-state index contributed by atoms with van der Waals surface area (Å²) in [7, 11) is 8.58. The first-order chi connectivity index (χ1) is 18.7. The first-order valence-electron chi connectivity index (χ1n) is 13.2. The molecule has 1 heterocycles. The maximum Gasteiger partial charge on any atom is 0.255 e. The van der Waals surface area contributed by atoms with Crippen molar-refractivity contribution in [2.24, 2.45) is 17.6 Å². The van der Waals surface area contributed by atoms with Gasteiger partial charge in [0, 0.05) is 58.0 Å². The molecule has 1 aromatic carbocycles. The molecule has 12 heteroatoms. The average Bonchev–Trinajstić information content (AvgIpc) is 2.82. The number of likely N-dealkylation sites (N-methyl/N-ethyl adjacent to an activating group) is 1. The molecule has 0 spiro atoms. The lowest BCUT2D eigenvalue weighted by atomic mass is 9.58. The summed E-state index contributed by atoms with van der Waals surface area (Å²) in [5.74, 6) is -6.59. The van der Waals surface area contributed by atoms with E-state index in [0.717, 1.165) is 24.3 Å². The Morgan fingerprint density at radius 1 is 1.18 bits per heavy atom. The lowest BCUT2D eigenvalue weighted by Gasteiger charge is -2.50. The highest BCUT2D eigenvalue weighted by Crippen LogP contribution is 2.53. The minimum Gasteiger partial charge on any atom is -0.510 e. The molecule has 0 bridgehead atoms. The number of nitrogens with zero attached hydrogens (tertiary/aromatic N) is 3. The number of likely N-dealkylation sites (tertiary alicyclic amines) is 1. The van der Waals surface area contributed by atoms with E-state index in [0.29, 0.717) is 12.1 Å². The van der Waals surface area contributed by atoms with Crippen molar-refractivity contribution in [3.8, 4) is 5.75 Å². The van der Waals surface area contributed by atoms with E-state index in [4.69, 9.17) is 10.5 Å². The van der Waals surface area contributed by atoms with E-state index in [9.17, 15) is 34.8 Å². The number of ketones is 2. The molecule has 216 valence electrons. The molecule has 40 heavy (non-hydrogen) atoms. The zero-order valence-corrected chi connectivity index (χ0v) is 23.3. The summed E-state index contributed by atoms with van der Waals surface area (Å²) in [5.41, 5.74) is 3.97. The van der Waals surface area contributed by atoms with Gasteiger partial charge in [-0.1, -0.05) is 0 Å². The van der Waals surface area contributed by atoms with Crippen LogP contribution in [0.5, 0.6) is 5.75 Å². The summed E-state index contributed by atoms with van der Waals surface area (Å²) in [6.45, 7) is 2.03. The van der Waals surface area contributed by atoms with E-state index >= 15 is 0 Å². The number of amides is 1. The van der Waals surface area contributed by atoms with Gasteiger partial charge in [0.05, 0.1) is 17.7 Å². The number of nitrogens with two attached hydrogens (primary N) is 1. The Morgan fingerprint density at radius 3 is 2.38 bits per heavy atom. The molecule has 0 saturated carbocycles. The van der Waals surface area contributed by atoms with Gasteiger partial charge in [0.1, 0.15) is 22.8 Å². The van der Waals surface area contributed by atoms with Crippen molar-refractivity contribution in [3.63, 3.8) is 0 Å². The van der Waals surface area contributed by atoms with Crippen LogP contribution in [0.15, 0.2) is 28.7 Å². The van der Waals surface area contributed by atoms with Crippen LogP contribution in [0.1, 0.15) is 27.9 Å². The van der Waals surface area contributed by atoms with E-state index < -0.39 is 58.0 Å². The van der Waals surface area contributed by atoms with E-state index in [1.165, 1.54) is 4.90 Å². The molecular weight excluding hydrogens is 520 g/mol. The second-order valence-corrected chi connectivity index (χ2v) is 11.7. The SMILES string of the molecule is COC1CN(Cc2cc(O)c3c(c2N(C)C)C[C@H]2C[C@H]4[C@H](N(C)C)C(O)=C(C(N)=O)C(=O)[C@@]4(O)C(O)=C2C3=O)C1. The van der Waals surface area contributed by atoms with E-state index in [1.54, 1.807) is 27.3 Å². The van der Waals surface area contributed by atoms with E-state index in [1.807, 2.05) is 19.0 Å². The molecule has 1 saturated heterocycles. The summed E-state index contributed by atoms with van der Waals surface area (Å²) in [4.78, 5) is 45.1. The number of fused-ring (bicyclic) bond motifs is 3. The number of aliphatic hydroxyl groups is 3. The van der Waals surface area contributed by atoms with Gasteiger partial charge in [0.25, 0.3) is 5.91 Å². The molecule has 5 rings (SSSR count). The van der Waals surface area contributed by atoms with Gasteiger partial charge in [-0.2, -0.15) is 0 Å². The van der Waals surface area contributed by atoms with Crippen LogP contribution in [0.2, 0.25) is 0 Å². The Balaban J connectivity index is 1.65. The molecule has 1 fully saturated rings. The summed E-state index contributed by atoms with van der Waals surface area (Å²) >= 11 is 0. The average molecular weight is 557 g/mol. The van der Waals surface area contributed by atoms with Crippen molar-refractivity contribution >= 4 is 23.2 Å². The molecule has 0 unspecified atom stereocenters. The van der Waals surface area contributed by atoms with Gasteiger partial charge in [0.15, 0.2) is 11.4 Å². The zero-order valence-electron chi connectivity index (χ0n) is 23.3. The van der Waals surface area contributed by atoms with Crippen LogP contribution in [0, 0.1) is 11.8 Å². The first kappa shape index (κ1) is 28.1. The van der Waals surface area contributed by atoms with Gasteiger partial charge in [-0.05, 0) is 50.0 Å². The van der Waals surface area contributed by atoms with Crippen molar-refractivity contribution in [1.82, 2.24) is 9.80 Å². The van der Waals surface area contributed by atoms with E-state index in [-0.39, 0.29) is 35.8 Å². The summed E-state index contributed by atoms with van der Waals surface area (Å²) < 4.78 is 5.37. The van der Waals surface area contributed by atoms with Crippen LogP contribution in [-0.2, 0) is 27.3 Å². The Kier molecular flexibility index (Phi) is 6.73. The number of carbonyl (C=O) groups excluding carboxylic acids is 3. The molecule has 1 amide bonds. The van der Waals surface area contributed by atoms with Crippen molar-refractivity contribution in [3.05, 3.63) is 45.4 Å². The second-order valence-electron chi connectivity index (χ2n) is 11.7. The van der Waals surface area contributed by atoms with Crippen LogP contribution in [0.25, 0.3) is 0 Å². The molecular formula is C28H36N4O8. The predicted octanol–water partition coefficient (Wildman–Crippen LogP) is 0.0172. The number of aromatic hydroxyl groups is 1. The number of aliphatic hydroxyl groups excluding tert-OH is 2. The molecule has 0 aromatic heterocycles. The Morgan fingerprint density at radius 2 is 1.82 bits per heavy atom. The van der Waals surface area contributed by atoms with Gasteiger partial charge in [0.2, 0.25) is 5.78 Å². The van der Waals surface area contributed by atoms with Crippen molar-refractivity contribution in [1.29, 1.82) is 0 Å². The number of carbonyl (C=O) groups is 3. The van der Waals surface area contributed by atoms with Gasteiger partial charge in [-0.25, -0.2) is 0 Å². The number of anilines is 1. The lowest BCUT2D eigenvalue weighted by molar-refractivity contribution is -0.148. The van der Waals surface area contributed by atoms with Crippen LogP contribution in [0.4, 0.5) is 5.69 Å².